The Morgan fingerprint density at radius 3 is 2.65 bits per heavy atom. The van der Waals surface area contributed by atoms with Gasteiger partial charge in [0.15, 0.2) is 0 Å². The summed E-state index contributed by atoms with van der Waals surface area (Å²) in [5.74, 6) is -0.296. The van der Waals surface area contributed by atoms with Gasteiger partial charge in [-0.1, -0.05) is 23.7 Å². The first-order chi connectivity index (χ1) is 12.5. The van der Waals surface area contributed by atoms with Crippen LogP contribution in [0.5, 0.6) is 0 Å². The molecule has 0 spiro atoms. The van der Waals surface area contributed by atoms with Crippen LogP contribution in [0.25, 0.3) is 10.6 Å². The van der Waals surface area contributed by atoms with Crippen molar-refractivity contribution in [1.82, 2.24) is 15.2 Å². The molecule has 1 aliphatic heterocycles. The summed E-state index contributed by atoms with van der Waals surface area (Å²) >= 11 is 9.03. The molecule has 1 N–H and O–H groups in total. The van der Waals surface area contributed by atoms with Gasteiger partial charge in [0.1, 0.15) is 10.5 Å². The van der Waals surface area contributed by atoms with Crippen molar-refractivity contribution in [2.24, 2.45) is 0 Å². The van der Waals surface area contributed by atoms with Crippen LogP contribution in [0, 0.1) is 0 Å². The van der Waals surface area contributed by atoms with Crippen molar-refractivity contribution < 1.29 is 9.59 Å². The van der Waals surface area contributed by atoms with Crippen molar-refractivity contribution in [3.63, 3.8) is 0 Å². The molecule has 3 amide bonds. The van der Waals surface area contributed by atoms with Crippen molar-refractivity contribution >= 4 is 46.2 Å². The first-order valence-electron chi connectivity index (χ1n) is 7.84. The molecule has 1 atom stereocenters. The van der Waals surface area contributed by atoms with E-state index in [9.17, 15) is 9.59 Å². The van der Waals surface area contributed by atoms with Gasteiger partial charge in [0, 0.05) is 21.3 Å². The molecule has 1 saturated heterocycles. The molecule has 8 heteroatoms. The molecule has 26 heavy (non-hydrogen) atoms. The molecule has 1 aromatic carbocycles. The number of benzene rings is 1. The van der Waals surface area contributed by atoms with Crippen molar-refractivity contribution in [3.05, 3.63) is 62.8 Å². The van der Waals surface area contributed by atoms with Gasteiger partial charge in [0.2, 0.25) is 0 Å². The van der Waals surface area contributed by atoms with Gasteiger partial charge in [-0.2, -0.15) is 11.3 Å². The molecule has 0 bridgehead atoms. The number of thiophene rings is 1. The molecule has 1 fully saturated rings. The molecule has 0 unspecified atom stereocenters. The molecule has 4 rings (SSSR count). The van der Waals surface area contributed by atoms with Gasteiger partial charge in [-0.3, -0.25) is 9.69 Å². The van der Waals surface area contributed by atoms with Crippen LogP contribution in [-0.2, 0) is 16.9 Å². The summed E-state index contributed by atoms with van der Waals surface area (Å²) in [6, 6.07) is 8.49. The maximum absolute atomic E-state index is 12.9. The minimum absolute atomic E-state index is 0.147. The zero-order valence-electron chi connectivity index (χ0n) is 13.7. The standard InChI is InChI=1S/C18H14ClN3O2S2/c1-18(12-2-4-13(19)5-3-12)16(23)22(17(24)21-18)8-14-10-26-15(20-14)11-6-7-25-9-11/h2-7,9-10H,8H2,1H3,(H,21,24)/t18-/m0/s1. The Morgan fingerprint density at radius 1 is 1.19 bits per heavy atom. The van der Waals surface area contributed by atoms with Crippen molar-refractivity contribution in [1.29, 1.82) is 0 Å². The van der Waals surface area contributed by atoms with Crippen LogP contribution in [0.1, 0.15) is 18.2 Å². The van der Waals surface area contributed by atoms with E-state index in [1.165, 1.54) is 16.2 Å². The lowest BCUT2D eigenvalue weighted by atomic mass is 9.92. The van der Waals surface area contributed by atoms with E-state index in [0.717, 1.165) is 10.6 Å². The second-order valence-corrected chi connectivity index (χ2v) is 8.18. The van der Waals surface area contributed by atoms with Crippen LogP contribution in [0.15, 0.2) is 46.5 Å². The molecule has 1 aliphatic rings. The first kappa shape index (κ1) is 17.2. The third-order valence-corrected chi connectivity index (χ3v) is 6.21. The molecule has 3 aromatic rings. The van der Waals surface area contributed by atoms with Gasteiger partial charge >= 0.3 is 6.03 Å². The van der Waals surface area contributed by atoms with Crippen molar-refractivity contribution in [2.45, 2.75) is 19.0 Å². The number of hydrogen-bond donors (Lipinski definition) is 1. The van der Waals surface area contributed by atoms with Crippen LogP contribution >= 0.6 is 34.3 Å². The summed E-state index contributed by atoms with van der Waals surface area (Å²) in [5.41, 5.74) is 1.34. The number of thiazole rings is 1. The lowest BCUT2D eigenvalue weighted by Gasteiger charge is -2.22. The lowest BCUT2D eigenvalue weighted by molar-refractivity contribution is -0.131. The van der Waals surface area contributed by atoms with Gasteiger partial charge in [-0.25, -0.2) is 9.78 Å². The number of carbonyl (C=O) groups excluding carboxylic acids is 2. The Morgan fingerprint density at radius 2 is 1.96 bits per heavy atom. The Labute approximate surface area is 163 Å². The normalized spacial score (nSPS) is 19.8. The quantitative estimate of drug-likeness (QED) is 0.652. The lowest BCUT2D eigenvalue weighted by Crippen LogP contribution is -2.40. The van der Waals surface area contributed by atoms with Crippen molar-refractivity contribution in [3.8, 4) is 10.6 Å². The maximum atomic E-state index is 12.9. The fraction of sp³-hybridized carbons (Fsp3) is 0.167. The van der Waals surface area contributed by atoms with Crippen molar-refractivity contribution in [2.75, 3.05) is 0 Å². The number of halogens is 1. The molecule has 3 heterocycles. The summed E-state index contributed by atoms with van der Waals surface area (Å²) in [7, 11) is 0. The average molecular weight is 404 g/mol. The molecule has 0 saturated carbocycles. The van der Waals surface area contributed by atoms with E-state index in [4.69, 9.17) is 11.6 Å². The highest BCUT2D eigenvalue weighted by Crippen LogP contribution is 2.31. The SMILES string of the molecule is C[C@@]1(c2ccc(Cl)cc2)NC(=O)N(Cc2csc(-c3ccsc3)n2)C1=O. The molecular weight excluding hydrogens is 390 g/mol. The van der Waals surface area contributed by atoms with Gasteiger partial charge in [0.25, 0.3) is 5.91 Å². The Bertz CT molecular complexity index is 969. The van der Waals surface area contributed by atoms with Gasteiger partial charge in [-0.05, 0) is 36.1 Å². The van der Waals surface area contributed by atoms with E-state index in [2.05, 4.69) is 10.3 Å². The Hall–Kier alpha value is -2.22. The zero-order chi connectivity index (χ0) is 18.3. The second kappa shape index (κ2) is 6.50. The highest BCUT2D eigenvalue weighted by Gasteiger charge is 2.49. The number of imide groups is 1. The molecule has 2 aromatic heterocycles. The van der Waals surface area contributed by atoms with E-state index >= 15 is 0 Å². The van der Waals surface area contributed by atoms with E-state index in [1.807, 2.05) is 22.2 Å². The molecule has 0 aliphatic carbocycles. The number of nitrogens with zero attached hydrogens (tertiary/aromatic N) is 2. The Kier molecular flexibility index (Phi) is 4.30. The Balaban J connectivity index is 1.57. The smallest absolute Gasteiger partial charge is 0.319 e. The molecule has 0 radical (unpaired) electrons. The average Bonchev–Trinajstić information content (AvgIpc) is 3.34. The summed E-state index contributed by atoms with van der Waals surface area (Å²) in [6.45, 7) is 1.85. The summed E-state index contributed by atoms with van der Waals surface area (Å²) in [6.07, 6.45) is 0. The van der Waals surface area contributed by atoms with Gasteiger partial charge < -0.3 is 5.32 Å². The van der Waals surface area contributed by atoms with Crippen LogP contribution in [0.2, 0.25) is 5.02 Å². The molecule has 5 nitrogen and oxygen atoms in total. The summed E-state index contributed by atoms with van der Waals surface area (Å²) in [5, 5.41) is 10.1. The third-order valence-electron chi connectivity index (χ3n) is 4.34. The number of amides is 3. The minimum atomic E-state index is -1.10. The highest BCUT2D eigenvalue weighted by atomic mass is 35.5. The second-order valence-electron chi connectivity index (χ2n) is 6.11. The topological polar surface area (TPSA) is 62.3 Å². The van der Waals surface area contributed by atoms with E-state index in [0.29, 0.717) is 16.3 Å². The van der Waals surface area contributed by atoms with Crippen LogP contribution in [0.3, 0.4) is 0 Å². The predicted octanol–water partition coefficient (Wildman–Crippen LogP) is 4.49. The summed E-state index contributed by atoms with van der Waals surface area (Å²) < 4.78 is 0. The van der Waals surface area contributed by atoms with E-state index in [1.54, 1.807) is 42.5 Å². The molecule has 132 valence electrons. The highest BCUT2D eigenvalue weighted by molar-refractivity contribution is 7.14. The number of nitrogens with one attached hydrogen (secondary N) is 1. The summed E-state index contributed by atoms with van der Waals surface area (Å²) in [4.78, 5) is 31.1. The first-order valence-corrected chi connectivity index (χ1v) is 10.0. The number of urea groups is 1. The van der Waals surface area contributed by atoms with Crippen LogP contribution < -0.4 is 5.32 Å². The largest absolute Gasteiger partial charge is 0.325 e. The maximum Gasteiger partial charge on any atom is 0.325 e. The fourth-order valence-corrected chi connectivity index (χ4v) is 4.53. The minimum Gasteiger partial charge on any atom is -0.319 e. The number of carbonyl (C=O) groups is 2. The number of hydrogen-bond acceptors (Lipinski definition) is 5. The fourth-order valence-electron chi connectivity index (χ4n) is 2.88. The molecular formula is C18H14ClN3O2S2. The van der Waals surface area contributed by atoms with Gasteiger partial charge in [-0.15, -0.1) is 11.3 Å². The predicted molar refractivity (Wildman–Crippen MR) is 103 cm³/mol. The van der Waals surface area contributed by atoms with Gasteiger partial charge in [0.05, 0.1) is 12.2 Å². The van der Waals surface area contributed by atoms with E-state index in [-0.39, 0.29) is 12.5 Å². The number of aromatic nitrogens is 1. The number of rotatable bonds is 4. The monoisotopic (exact) mass is 403 g/mol. The van der Waals surface area contributed by atoms with Crippen LogP contribution in [0.4, 0.5) is 4.79 Å². The van der Waals surface area contributed by atoms with Crippen LogP contribution in [-0.4, -0.2) is 21.8 Å². The third kappa shape index (κ3) is 2.92. The zero-order valence-corrected chi connectivity index (χ0v) is 16.1. The van der Waals surface area contributed by atoms with E-state index < -0.39 is 11.6 Å².